The lowest BCUT2D eigenvalue weighted by atomic mass is 10.0. The summed E-state index contributed by atoms with van der Waals surface area (Å²) in [6.45, 7) is 3.48. The number of para-hydroxylation sites is 1. The Bertz CT molecular complexity index is 1420. The molecule has 5 heteroatoms. The molecule has 5 nitrogen and oxygen atoms in total. The molecule has 5 rings (SSSR count). The first-order valence-electron chi connectivity index (χ1n) is 10.4. The van der Waals surface area contributed by atoms with Crippen LogP contribution in [0.3, 0.4) is 0 Å². The van der Waals surface area contributed by atoms with Gasteiger partial charge in [-0.05, 0) is 61.0 Å². The maximum atomic E-state index is 12.9. The van der Waals surface area contributed by atoms with Crippen molar-refractivity contribution in [2.24, 2.45) is 0 Å². The second-order valence-electron chi connectivity index (χ2n) is 8.11. The zero-order valence-corrected chi connectivity index (χ0v) is 17.8. The van der Waals surface area contributed by atoms with Crippen molar-refractivity contribution in [2.75, 3.05) is 5.32 Å². The number of rotatable bonds is 5. The fourth-order valence-corrected chi connectivity index (χ4v) is 3.64. The lowest BCUT2D eigenvalue weighted by Gasteiger charge is -2.25. The Morgan fingerprint density at radius 2 is 1.66 bits per heavy atom. The molecule has 0 fully saturated rings. The van der Waals surface area contributed by atoms with E-state index in [0.717, 1.165) is 16.3 Å². The summed E-state index contributed by atoms with van der Waals surface area (Å²) in [5.41, 5.74) is 1.85. The van der Waals surface area contributed by atoms with Gasteiger partial charge in [0, 0.05) is 11.3 Å². The number of amides is 1. The number of nitrogens with zero attached hydrogens (tertiary/aromatic N) is 1. The van der Waals surface area contributed by atoms with Crippen molar-refractivity contribution >= 4 is 33.5 Å². The lowest BCUT2D eigenvalue weighted by molar-refractivity contribution is -0.128. The van der Waals surface area contributed by atoms with E-state index in [0.29, 0.717) is 28.4 Å². The van der Waals surface area contributed by atoms with Crippen LogP contribution in [0, 0.1) is 0 Å². The van der Waals surface area contributed by atoms with E-state index in [1.165, 1.54) is 0 Å². The normalized spacial score (nSPS) is 11.6. The number of hydrogen-bond acceptors (Lipinski definition) is 4. The van der Waals surface area contributed by atoms with Gasteiger partial charge < -0.3 is 14.5 Å². The van der Waals surface area contributed by atoms with Crippen LogP contribution < -0.4 is 10.1 Å². The Morgan fingerprint density at radius 3 is 2.50 bits per heavy atom. The highest BCUT2D eigenvalue weighted by Crippen LogP contribution is 2.31. The molecule has 0 saturated heterocycles. The van der Waals surface area contributed by atoms with Gasteiger partial charge in [-0.1, -0.05) is 54.6 Å². The maximum absolute atomic E-state index is 12.9. The molecule has 0 atom stereocenters. The van der Waals surface area contributed by atoms with E-state index < -0.39 is 5.60 Å². The predicted octanol–water partition coefficient (Wildman–Crippen LogP) is 6.44. The Kier molecular flexibility index (Phi) is 4.86. The second kappa shape index (κ2) is 7.85. The van der Waals surface area contributed by atoms with Crippen LogP contribution in [-0.4, -0.2) is 16.5 Å². The first-order chi connectivity index (χ1) is 15.5. The molecule has 1 amide bonds. The minimum Gasteiger partial charge on any atom is -0.478 e. The maximum Gasteiger partial charge on any atom is 0.267 e. The molecule has 0 unspecified atom stereocenters. The van der Waals surface area contributed by atoms with Gasteiger partial charge in [0.2, 0.25) is 5.89 Å². The Hall–Kier alpha value is -4.12. The topological polar surface area (TPSA) is 64.4 Å². The zero-order valence-electron chi connectivity index (χ0n) is 17.8. The van der Waals surface area contributed by atoms with Crippen LogP contribution in [0.1, 0.15) is 13.8 Å². The molecule has 0 saturated carbocycles. The Morgan fingerprint density at radius 1 is 0.906 bits per heavy atom. The van der Waals surface area contributed by atoms with E-state index in [4.69, 9.17) is 9.15 Å². The van der Waals surface area contributed by atoms with Crippen molar-refractivity contribution in [2.45, 2.75) is 19.4 Å². The van der Waals surface area contributed by atoms with Crippen molar-refractivity contribution < 1.29 is 13.9 Å². The van der Waals surface area contributed by atoms with Crippen molar-refractivity contribution in [1.29, 1.82) is 0 Å². The number of anilines is 1. The van der Waals surface area contributed by atoms with E-state index in [1.807, 2.05) is 66.7 Å². The number of aromatic nitrogens is 1. The number of oxazole rings is 1. The Labute approximate surface area is 185 Å². The Balaban J connectivity index is 1.41. The average molecular weight is 422 g/mol. The van der Waals surface area contributed by atoms with Crippen LogP contribution in [0.5, 0.6) is 5.75 Å². The number of fused-ring (bicyclic) bond motifs is 2. The van der Waals surface area contributed by atoms with E-state index in [2.05, 4.69) is 28.5 Å². The molecule has 0 aliphatic rings. The van der Waals surface area contributed by atoms with Gasteiger partial charge in [-0.2, -0.15) is 0 Å². The molecule has 1 aromatic heterocycles. The lowest BCUT2D eigenvalue weighted by Crippen LogP contribution is -2.42. The third kappa shape index (κ3) is 3.81. The summed E-state index contributed by atoms with van der Waals surface area (Å²) >= 11 is 0. The summed E-state index contributed by atoms with van der Waals surface area (Å²) in [4.78, 5) is 17.5. The summed E-state index contributed by atoms with van der Waals surface area (Å²) in [6.07, 6.45) is 0. The molecule has 0 spiro atoms. The fourth-order valence-electron chi connectivity index (χ4n) is 3.64. The van der Waals surface area contributed by atoms with Crippen molar-refractivity contribution in [1.82, 2.24) is 4.98 Å². The third-order valence-electron chi connectivity index (χ3n) is 5.33. The molecule has 0 aliphatic heterocycles. The molecular weight excluding hydrogens is 400 g/mol. The van der Waals surface area contributed by atoms with Crippen molar-refractivity contribution in [3.63, 3.8) is 0 Å². The molecule has 0 bridgehead atoms. The van der Waals surface area contributed by atoms with Crippen LogP contribution in [0.15, 0.2) is 95.4 Å². The van der Waals surface area contributed by atoms with Gasteiger partial charge in [0.05, 0.1) is 0 Å². The third-order valence-corrected chi connectivity index (χ3v) is 5.33. The van der Waals surface area contributed by atoms with Gasteiger partial charge >= 0.3 is 0 Å². The molecule has 32 heavy (non-hydrogen) atoms. The summed E-state index contributed by atoms with van der Waals surface area (Å²) in [5.74, 6) is 0.936. The molecule has 1 heterocycles. The van der Waals surface area contributed by atoms with Gasteiger partial charge in [0.1, 0.15) is 11.3 Å². The first-order valence-corrected chi connectivity index (χ1v) is 10.4. The van der Waals surface area contributed by atoms with Crippen LogP contribution in [-0.2, 0) is 4.79 Å². The van der Waals surface area contributed by atoms with Gasteiger partial charge in [0.15, 0.2) is 11.2 Å². The summed E-state index contributed by atoms with van der Waals surface area (Å²) < 4.78 is 11.9. The minimum atomic E-state index is -1.05. The van der Waals surface area contributed by atoms with E-state index in [-0.39, 0.29) is 5.91 Å². The molecule has 0 radical (unpaired) electrons. The number of benzene rings is 4. The van der Waals surface area contributed by atoms with Crippen LogP contribution >= 0.6 is 0 Å². The highest BCUT2D eigenvalue weighted by Gasteiger charge is 2.30. The summed E-state index contributed by atoms with van der Waals surface area (Å²) in [7, 11) is 0. The number of carbonyl (C=O) groups is 1. The smallest absolute Gasteiger partial charge is 0.267 e. The largest absolute Gasteiger partial charge is 0.478 e. The van der Waals surface area contributed by atoms with Gasteiger partial charge in [-0.15, -0.1) is 0 Å². The molecule has 5 aromatic rings. The zero-order chi connectivity index (χ0) is 22.1. The number of nitrogens with one attached hydrogen (secondary N) is 1. The number of carbonyl (C=O) groups excluding carboxylic acids is 1. The number of hydrogen-bond donors (Lipinski definition) is 1. The highest BCUT2D eigenvalue weighted by atomic mass is 16.5. The van der Waals surface area contributed by atoms with Crippen LogP contribution in [0.25, 0.3) is 33.3 Å². The van der Waals surface area contributed by atoms with Gasteiger partial charge in [-0.25, -0.2) is 4.98 Å². The highest BCUT2D eigenvalue weighted by molar-refractivity contribution is 5.99. The average Bonchev–Trinajstić information content (AvgIpc) is 3.22. The predicted molar refractivity (Wildman–Crippen MR) is 127 cm³/mol. The first kappa shape index (κ1) is 19.8. The second-order valence-corrected chi connectivity index (χ2v) is 8.11. The minimum absolute atomic E-state index is 0.251. The van der Waals surface area contributed by atoms with Crippen LogP contribution in [0.2, 0.25) is 0 Å². The quantitative estimate of drug-likeness (QED) is 0.354. The van der Waals surface area contributed by atoms with Gasteiger partial charge in [0.25, 0.3) is 5.91 Å². The van der Waals surface area contributed by atoms with Crippen molar-refractivity contribution in [3.8, 4) is 17.2 Å². The van der Waals surface area contributed by atoms with E-state index in [1.54, 1.807) is 19.9 Å². The van der Waals surface area contributed by atoms with Crippen LogP contribution in [0.4, 0.5) is 5.69 Å². The number of ether oxygens (including phenoxy) is 1. The SMILES string of the molecule is CC(C)(Oc1ccccc1)C(=O)Nc1ccc2oc(-c3cccc4ccccc34)nc2c1. The molecule has 158 valence electrons. The van der Waals surface area contributed by atoms with Gasteiger partial charge in [-0.3, -0.25) is 4.79 Å². The van der Waals surface area contributed by atoms with E-state index >= 15 is 0 Å². The molecular formula is C27H22N2O3. The standard InChI is InChI=1S/C27H22N2O3/c1-27(2,32-20-11-4-3-5-12-20)26(30)28-19-15-16-24-23(17-19)29-25(31-24)22-14-8-10-18-9-6-7-13-21(18)22/h3-17H,1-2H3,(H,28,30). The molecule has 4 aromatic carbocycles. The monoisotopic (exact) mass is 422 g/mol. The molecule has 1 N–H and O–H groups in total. The van der Waals surface area contributed by atoms with E-state index in [9.17, 15) is 4.79 Å². The van der Waals surface area contributed by atoms with Crippen molar-refractivity contribution in [3.05, 3.63) is 91.0 Å². The summed E-state index contributed by atoms with van der Waals surface area (Å²) in [6, 6.07) is 28.9. The fraction of sp³-hybridized carbons (Fsp3) is 0.111. The summed E-state index contributed by atoms with van der Waals surface area (Å²) in [5, 5.41) is 5.13. The molecule has 0 aliphatic carbocycles.